The van der Waals surface area contributed by atoms with Gasteiger partial charge in [-0.05, 0) is 55.4 Å². The van der Waals surface area contributed by atoms with E-state index in [9.17, 15) is 18.0 Å². The summed E-state index contributed by atoms with van der Waals surface area (Å²) in [5, 5.41) is 7.26. The molecule has 0 aliphatic carbocycles. The largest absolute Gasteiger partial charge is 0.416 e. The van der Waals surface area contributed by atoms with E-state index in [2.05, 4.69) is 33.4 Å². The maximum Gasteiger partial charge on any atom is 0.416 e. The molecule has 1 N–H and O–H groups in total. The van der Waals surface area contributed by atoms with Crippen LogP contribution in [0.25, 0.3) is 22.5 Å². The highest BCUT2D eigenvalue weighted by Gasteiger charge is 2.31. The van der Waals surface area contributed by atoms with Gasteiger partial charge in [-0.25, -0.2) is 9.50 Å². The number of aromatic nitrogens is 3. The molecular weight excluding hydrogens is 455 g/mol. The number of carbonyl (C=O) groups is 1. The van der Waals surface area contributed by atoms with Crippen LogP contribution in [-0.4, -0.2) is 45.5 Å². The maximum absolute atomic E-state index is 13.0. The number of nitrogens with one attached hydrogen (secondary N) is 1. The van der Waals surface area contributed by atoms with Gasteiger partial charge in [0.05, 0.1) is 17.5 Å². The Labute approximate surface area is 199 Å². The van der Waals surface area contributed by atoms with Gasteiger partial charge in [-0.2, -0.15) is 18.3 Å². The molecule has 4 aromatic rings. The topological polar surface area (TPSA) is 62.5 Å². The van der Waals surface area contributed by atoms with Crippen LogP contribution in [0.3, 0.4) is 0 Å². The first-order valence-electron chi connectivity index (χ1n) is 11.1. The van der Waals surface area contributed by atoms with Crippen molar-refractivity contribution >= 4 is 22.8 Å². The van der Waals surface area contributed by atoms with Crippen LogP contribution in [0.2, 0.25) is 0 Å². The van der Waals surface area contributed by atoms with Crippen molar-refractivity contribution in [2.24, 2.45) is 0 Å². The number of hydrogen-bond donors (Lipinski definition) is 1. The highest BCUT2D eigenvalue weighted by molar-refractivity contribution is 6.04. The first-order valence-corrected chi connectivity index (χ1v) is 11.1. The van der Waals surface area contributed by atoms with Crippen molar-refractivity contribution in [1.29, 1.82) is 0 Å². The second kappa shape index (κ2) is 8.99. The van der Waals surface area contributed by atoms with Crippen molar-refractivity contribution in [3.8, 4) is 11.3 Å². The molecule has 6 nitrogen and oxygen atoms in total. The van der Waals surface area contributed by atoms with E-state index >= 15 is 0 Å². The predicted octanol–water partition coefficient (Wildman–Crippen LogP) is 5.39. The van der Waals surface area contributed by atoms with Gasteiger partial charge < -0.3 is 10.2 Å². The summed E-state index contributed by atoms with van der Waals surface area (Å²) in [6, 6.07) is 13.3. The monoisotopic (exact) mass is 477 g/mol. The number of hydrogen-bond acceptors (Lipinski definition) is 4. The van der Waals surface area contributed by atoms with E-state index in [1.807, 2.05) is 18.3 Å². The predicted molar refractivity (Wildman–Crippen MR) is 128 cm³/mol. The molecule has 0 bridgehead atoms. The zero-order valence-corrected chi connectivity index (χ0v) is 18.9. The lowest BCUT2D eigenvalue weighted by atomic mass is 10.0. The van der Waals surface area contributed by atoms with Gasteiger partial charge in [-0.15, -0.1) is 0 Å². The van der Waals surface area contributed by atoms with Crippen LogP contribution in [0.15, 0.2) is 73.1 Å². The average Bonchev–Trinajstić information content (AvgIpc) is 3.28. The SMILES string of the molecule is CN1CC=C(c2cnn3c(-c4cccc(NC(=O)c5cccc(C(F)(F)F)c5)c4)ccnc23)CC1. The third-order valence-electron chi connectivity index (χ3n) is 6.03. The van der Waals surface area contributed by atoms with Gasteiger partial charge in [0.15, 0.2) is 5.65 Å². The fourth-order valence-electron chi connectivity index (χ4n) is 4.15. The summed E-state index contributed by atoms with van der Waals surface area (Å²) < 4.78 is 40.8. The molecule has 0 radical (unpaired) electrons. The van der Waals surface area contributed by atoms with Crippen LogP contribution in [0.1, 0.15) is 27.9 Å². The Bertz CT molecular complexity index is 1440. The Morgan fingerprint density at radius 1 is 1.09 bits per heavy atom. The van der Waals surface area contributed by atoms with Crippen LogP contribution in [0.5, 0.6) is 0 Å². The van der Waals surface area contributed by atoms with Gasteiger partial charge >= 0.3 is 6.18 Å². The summed E-state index contributed by atoms with van der Waals surface area (Å²) in [7, 11) is 2.08. The smallest absolute Gasteiger partial charge is 0.322 e. The summed E-state index contributed by atoms with van der Waals surface area (Å²) in [6.07, 6.45) is 2.14. The number of fused-ring (bicyclic) bond motifs is 1. The van der Waals surface area contributed by atoms with Crippen molar-refractivity contribution in [1.82, 2.24) is 19.5 Å². The van der Waals surface area contributed by atoms with Crippen LogP contribution >= 0.6 is 0 Å². The minimum Gasteiger partial charge on any atom is -0.322 e. The fourth-order valence-corrected chi connectivity index (χ4v) is 4.15. The molecule has 3 heterocycles. The molecule has 1 aliphatic heterocycles. The number of halogens is 3. The van der Waals surface area contributed by atoms with Crippen LogP contribution < -0.4 is 5.32 Å². The molecular formula is C26H22F3N5O. The first kappa shape index (κ1) is 22.8. The maximum atomic E-state index is 13.0. The molecule has 2 aromatic carbocycles. The molecule has 0 spiro atoms. The first-order chi connectivity index (χ1) is 16.8. The van der Waals surface area contributed by atoms with Crippen molar-refractivity contribution < 1.29 is 18.0 Å². The number of likely N-dealkylation sites (N-methyl/N-ethyl adjacent to an activating group) is 1. The van der Waals surface area contributed by atoms with Crippen molar-refractivity contribution in [2.45, 2.75) is 12.6 Å². The minimum absolute atomic E-state index is 0.0698. The van der Waals surface area contributed by atoms with Crippen molar-refractivity contribution in [2.75, 3.05) is 25.5 Å². The van der Waals surface area contributed by atoms with Gasteiger partial charge in [-0.3, -0.25) is 4.79 Å². The lowest BCUT2D eigenvalue weighted by molar-refractivity contribution is -0.137. The molecule has 1 aliphatic rings. The molecule has 0 unspecified atom stereocenters. The number of benzene rings is 2. The zero-order chi connectivity index (χ0) is 24.6. The third-order valence-corrected chi connectivity index (χ3v) is 6.03. The van der Waals surface area contributed by atoms with Gasteiger partial charge in [0, 0.05) is 41.7 Å². The van der Waals surface area contributed by atoms with Crippen LogP contribution in [0, 0.1) is 0 Å². The molecule has 0 atom stereocenters. The van der Waals surface area contributed by atoms with Gasteiger partial charge in [0.25, 0.3) is 5.91 Å². The lowest BCUT2D eigenvalue weighted by Gasteiger charge is -2.21. The number of anilines is 1. The van der Waals surface area contributed by atoms with Crippen molar-refractivity contribution in [3.05, 3.63) is 89.8 Å². The molecule has 35 heavy (non-hydrogen) atoms. The number of rotatable bonds is 4. The van der Waals surface area contributed by atoms with E-state index in [1.54, 1.807) is 28.9 Å². The van der Waals surface area contributed by atoms with E-state index in [-0.39, 0.29) is 5.56 Å². The quantitative estimate of drug-likeness (QED) is 0.428. The van der Waals surface area contributed by atoms with Crippen LogP contribution in [0.4, 0.5) is 18.9 Å². The Hall–Kier alpha value is -3.98. The normalized spacial score (nSPS) is 14.7. The highest BCUT2D eigenvalue weighted by atomic mass is 19.4. The molecule has 9 heteroatoms. The van der Waals surface area contributed by atoms with E-state index in [0.29, 0.717) is 5.69 Å². The number of nitrogens with zero attached hydrogens (tertiary/aromatic N) is 4. The number of amides is 1. The molecule has 0 saturated heterocycles. The number of alkyl halides is 3. The lowest BCUT2D eigenvalue weighted by Crippen LogP contribution is -2.23. The van der Waals surface area contributed by atoms with Gasteiger partial charge in [-0.1, -0.05) is 24.3 Å². The zero-order valence-electron chi connectivity index (χ0n) is 18.9. The standard InChI is InChI=1S/C26H22F3N5O/c1-33-12-9-17(10-13-33)22-16-31-34-23(8-11-30-24(22)34)18-4-3-7-21(15-18)32-25(35)19-5-2-6-20(14-19)26(27,28)29/h2-9,11,14-16H,10,12-13H2,1H3,(H,32,35). The third kappa shape index (κ3) is 4.67. The molecule has 2 aromatic heterocycles. The second-order valence-electron chi connectivity index (χ2n) is 8.48. The van der Waals surface area contributed by atoms with E-state index in [1.165, 1.54) is 17.7 Å². The van der Waals surface area contributed by atoms with Crippen molar-refractivity contribution in [3.63, 3.8) is 0 Å². The second-order valence-corrected chi connectivity index (χ2v) is 8.48. The summed E-state index contributed by atoms with van der Waals surface area (Å²) in [6.45, 7) is 1.84. The fraction of sp³-hybridized carbons (Fsp3) is 0.192. The average molecular weight is 477 g/mol. The summed E-state index contributed by atoms with van der Waals surface area (Å²) in [4.78, 5) is 19.4. The van der Waals surface area contributed by atoms with Gasteiger partial charge in [0.1, 0.15) is 0 Å². The molecule has 178 valence electrons. The van der Waals surface area contributed by atoms with E-state index in [4.69, 9.17) is 0 Å². The Morgan fingerprint density at radius 3 is 2.69 bits per heavy atom. The molecule has 0 saturated carbocycles. The summed E-state index contributed by atoms with van der Waals surface area (Å²) in [5.74, 6) is -0.622. The van der Waals surface area contributed by atoms with Crippen LogP contribution in [-0.2, 0) is 6.18 Å². The summed E-state index contributed by atoms with van der Waals surface area (Å²) in [5.41, 5.74) is 4.04. The van der Waals surface area contributed by atoms with Gasteiger partial charge in [0.2, 0.25) is 0 Å². The molecule has 1 amide bonds. The van der Waals surface area contributed by atoms with E-state index < -0.39 is 17.6 Å². The Morgan fingerprint density at radius 2 is 1.91 bits per heavy atom. The Balaban J connectivity index is 1.43. The summed E-state index contributed by atoms with van der Waals surface area (Å²) >= 11 is 0. The highest BCUT2D eigenvalue weighted by Crippen LogP contribution is 2.31. The number of carbonyl (C=O) groups excluding carboxylic acids is 1. The Kier molecular flexibility index (Phi) is 5.86. The molecule has 5 rings (SSSR count). The molecule has 0 fully saturated rings. The minimum atomic E-state index is -4.52. The van der Waals surface area contributed by atoms with E-state index in [0.717, 1.165) is 54.1 Å².